The summed E-state index contributed by atoms with van der Waals surface area (Å²) in [5.41, 5.74) is 13.0. The Hall–Kier alpha value is -6.57. The maximum atomic E-state index is 9.44. The highest BCUT2D eigenvalue weighted by Gasteiger charge is 2.48. The molecule has 4 nitrogen and oxygen atoms in total. The van der Waals surface area contributed by atoms with Gasteiger partial charge in [-0.15, -0.1) is 0 Å². The second-order valence-corrected chi connectivity index (χ2v) is 13.2. The second-order valence-electron chi connectivity index (χ2n) is 13.2. The van der Waals surface area contributed by atoms with Gasteiger partial charge in [-0.3, -0.25) is 0 Å². The number of benzene rings is 6. The molecule has 6 aromatic rings. The largest absolute Gasteiger partial charge is 0.324 e. The van der Waals surface area contributed by atoms with Gasteiger partial charge in [-0.05, 0) is 69.5 Å². The molecule has 0 bridgehead atoms. The zero-order chi connectivity index (χ0) is 34.2. The molecule has 0 aromatic heterocycles. The molecule has 242 valence electrons. The standard InChI is InChI=1S/C47H34N4/c48-31-32-14-12-17-36(30-32)33-26-28-35(29-27-33)45-49-44(34-15-4-1-5-16-34)50-46(51-45)40-23-13-25-42-43(40)39-22-10-11-24-41(39)47(42,37-18-6-2-7-19-37)38-20-8-3-9-21-38/h1-8,10-20,22-30,45H,9,21H2,(H,49,50,51). The van der Waals surface area contributed by atoms with Gasteiger partial charge in [0, 0.05) is 11.1 Å². The van der Waals surface area contributed by atoms with Crippen LogP contribution in [0.4, 0.5) is 0 Å². The highest BCUT2D eigenvalue weighted by Crippen LogP contribution is 2.58. The van der Waals surface area contributed by atoms with Crippen LogP contribution in [0.1, 0.15) is 58.0 Å². The summed E-state index contributed by atoms with van der Waals surface area (Å²) >= 11 is 0. The minimum absolute atomic E-state index is 0.419. The number of amidine groups is 2. The van der Waals surface area contributed by atoms with Crippen molar-refractivity contribution in [2.24, 2.45) is 9.98 Å². The van der Waals surface area contributed by atoms with E-state index in [0.717, 1.165) is 52.3 Å². The molecule has 0 spiro atoms. The van der Waals surface area contributed by atoms with Crippen molar-refractivity contribution in [3.63, 3.8) is 0 Å². The van der Waals surface area contributed by atoms with Gasteiger partial charge in [-0.1, -0.05) is 163 Å². The van der Waals surface area contributed by atoms with Gasteiger partial charge in [0.1, 0.15) is 11.7 Å². The van der Waals surface area contributed by atoms with E-state index in [1.165, 1.54) is 33.4 Å². The number of rotatable bonds is 6. The molecule has 0 radical (unpaired) electrons. The molecule has 1 N–H and O–H groups in total. The Morgan fingerprint density at radius 2 is 1.31 bits per heavy atom. The number of hydrogen-bond acceptors (Lipinski definition) is 4. The van der Waals surface area contributed by atoms with Crippen LogP contribution in [0.25, 0.3) is 22.3 Å². The Labute approximate surface area is 298 Å². The van der Waals surface area contributed by atoms with Crippen molar-refractivity contribution in [3.8, 4) is 28.3 Å². The van der Waals surface area contributed by atoms with E-state index in [9.17, 15) is 5.26 Å². The lowest BCUT2D eigenvalue weighted by atomic mass is 9.65. The lowest BCUT2D eigenvalue weighted by molar-refractivity contribution is 0.692. The zero-order valence-corrected chi connectivity index (χ0v) is 28.0. The molecule has 9 rings (SSSR count). The fourth-order valence-corrected chi connectivity index (χ4v) is 8.07. The van der Waals surface area contributed by atoms with E-state index in [0.29, 0.717) is 5.56 Å². The topological polar surface area (TPSA) is 60.5 Å². The van der Waals surface area contributed by atoms with Gasteiger partial charge in [-0.25, -0.2) is 9.98 Å². The Morgan fingerprint density at radius 1 is 0.627 bits per heavy atom. The predicted octanol–water partition coefficient (Wildman–Crippen LogP) is 10.3. The summed E-state index contributed by atoms with van der Waals surface area (Å²) in [6, 6.07) is 55.2. The Morgan fingerprint density at radius 3 is 2.10 bits per heavy atom. The van der Waals surface area contributed by atoms with E-state index >= 15 is 0 Å². The van der Waals surface area contributed by atoms with Gasteiger partial charge in [-0.2, -0.15) is 5.26 Å². The molecule has 4 heteroatoms. The number of allylic oxidation sites excluding steroid dienone is 4. The van der Waals surface area contributed by atoms with Crippen LogP contribution in [0.3, 0.4) is 0 Å². The highest BCUT2D eigenvalue weighted by molar-refractivity contribution is 6.18. The minimum atomic E-state index is -0.450. The zero-order valence-electron chi connectivity index (χ0n) is 28.0. The first-order valence-corrected chi connectivity index (χ1v) is 17.5. The molecule has 0 saturated heterocycles. The molecular weight excluding hydrogens is 621 g/mol. The molecular formula is C47H34N4. The van der Waals surface area contributed by atoms with Crippen LogP contribution in [0.15, 0.2) is 185 Å². The first kappa shape index (κ1) is 30.5. The summed E-state index contributed by atoms with van der Waals surface area (Å²) in [5, 5.41) is 13.1. The SMILES string of the molecule is N#Cc1cccc(-c2ccc(C3N=C(c4ccccc4)NC(c4cccc5c4-c4ccccc4C5(C4=CC=CCC4)c4ccccc4)=N3)cc2)c1. The Balaban J connectivity index is 1.22. The molecule has 6 aromatic carbocycles. The van der Waals surface area contributed by atoms with Crippen molar-refractivity contribution in [2.45, 2.75) is 24.4 Å². The monoisotopic (exact) mass is 654 g/mol. The summed E-state index contributed by atoms with van der Waals surface area (Å²) in [6.45, 7) is 0. The van der Waals surface area contributed by atoms with E-state index in [4.69, 9.17) is 9.98 Å². The molecule has 0 amide bonds. The smallest absolute Gasteiger partial charge is 0.169 e. The summed E-state index contributed by atoms with van der Waals surface area (Å²) < 4.78 is 0. The third kappa shape index (κ3) is 5.14. The van der Waals surface area contributed by atoms with E-state index in [-0.39, 0.29) is 0 Å². The van der Waals surface area contributed by atoms with Crippen LogP contribution < -0.4 is 5.32 Å². The number of aliphatic imine (C=N–C) groups is 2. The fourth-order valence-electron chi connectivity index (χ4n) is 8.07. The lowest BCUT2D eigenvalue weighted by Crippen LogP contribution is -2.36. The van der Waals surface area contributed by atoms with Gasteiger partial charge in [0.15, 0.2) is 6.17 Å². The van der Waals surface area contributed by atoms with Gasteiger partial charge in [0.2, 0.25) is 0 Å². The number of hydrogen-bond donors (Lipinski definition) is 1. The van der Waals surface area contributed by atoms with E-state index in [2.05, 4.69) is 139 Å². The highest BCUT2D eigenvalue weighted by atomic mass is 15.2. The van der Waals surface area contributed by atoms with Gasteiger partial charge >= 0.3 is 0 Å². The normalized spacial score (nSPS) is 18.7. The van der Waals surface area contributed by atoms with Crippen LogP contribution >= 0.6 is 0 Å². The average Bonchev–Trinajstić information content (AvgIpc) is 3.53. The number of nitrogens with one attached hydrogen (secondary N) is 1. The summed E-state index contributed by atoms with van der Waals surface area (Å²) in [5.74, 6) is 1.59. The van der Waals surface area contributed by atoms with E-state index in [1.807, 2.05) is 42.5 Å². The number of nitriles is 1. The van der Waals surface area contributed by atoms with Crippen molar-refractivity contribution < 1.29 is 0 Å². The Bertz CT molecular complexity index is 2450. The van der Waals surface area contributed by atoms with Crippen molar-refractivity contribution >= 4 is 11.7 Å². The van der Waals surface area contributed by atoms with E-state index < -0.39 is 11.6 Å². The van der Waals surface area contributed by atoms with Crippen LogP contribution in [0.5, 0.6) is 0 Å². The molecule has 51 heavy (non-hydrogen) atoms. The molecule has 2 aliphatic carbocycles. The van der Waals surface area contributed by atoms with Gasteiger partial charge in [0.05, 0.1) is 17.0 Å². The summed E-state index contributed by atoms with van der Waals surface area (Å²) in [6.07, 6.45) is 8.39. The third-order valence-electron chi connectivity index (χ3n) is 10.3. The van der Waals surface area contributed by atoms with Gasteiger partial charge < -0.3 is 5.32 Å². The van der Waals surface area contributed by atoms with Crippen LogP contribution in [-0.4, -0.2) is 11.7 Å². The number of fused-ring (bicyclic) bond motifs is 3. The van der Waals surface area contributed by atoms with Crippen LogP contribution in [0.2, 0.25) is 0 Å². The predicted molar refractivity (Wildman–Crippen MR) is 207 cm³/mol. The first-order valence-electron chi connectivity index (χ1n) is 17.5. The number of nitrogens with zero attached hydrogens (tertiary/aromatic N) is 3. The Kier molecular flexibility index (Phi) is 7.60. The molecule has 2 atom stereocenters. The molecule has 2 unspecified atom stereocenters. The molecule has 0 fully saturated rings. The third-order valence-corrected chi connectivity index (χ3v) is 10.3. The van der Waals surface area contributed by atoms with E-state index in [1.54, 1.807) is 0 Å². The maximum Gasteiger partial charge on any atom is 0.169 e. The van der Waals surface area contributed by atoms with Crippen molar-refractivity contribution in [3.05, 3.63) is 214 Å². The summed E-state index contributed by atoms with van der Waals surface area (Å²) in [7, 11) is 0. The first-order chi connectivity index (χ1) is 25.2. The molecule has 1 heterocycles. The lowest BCUT2D eigenvalue weighted by Gasteiger charge is -2.36. The fraction of sp³-hybridized carbons (Fsp3) is 0.0851. The minimum Gasteiger partial charge on any atom is -0.324 e. The molecule has 0 saturated carbocycles. The molecule has 1 aliphatic heterocycles. The van der Waals surface area contributed by atoms with Gasteiger partial charge in [0.25, 0.3) is 0 Å². The van der Waals surface area contributed by atoms with Crippen molar-refractivity contribution in [1.82, 2.24) is 5.32 Å². The van der Waals surface area contributed by atoms with Crippen molar-refractivity contribution in [2.75, 3.05) is 0 Å². The van der Waals surface area contributed by atoms with Crippen LogP contribution in [-0.2, 0) is 5.41 Å². The summed E-state index contributed by atoms with van der Waals surface area (Å²) in [4.78, 5) is 10.5. The quantitative estimate of drug-likeness (QED) is 0.194. The molecule has 3 aliphatic rings. The average molecular weight is 655 g/mol. The second kappa shape index (κ2) is 12.7. The van der Waals surface area contributed by atoms with Crippen LogP contribution in [0, 0.1) is 11.3 Å². The maximum absolute atomic E-state index is 9.44. The van der Waals surface area contributed by atoms with Crippen molar-refractivity contribution in [1.29, 1.82) is 5.26 Å².